The first-order valence-corrected chi connectivity index (χ1v) is 5.14. The first-order valence-electron chi connectivity index (χ1n) is 5.14. The molecule has 0 amide bonds. The van der Waals surface area contributed by atoms with Crippen molar-refractivity contribution in [2.75, 3.05) is 0 Å². The van der Waals surface area contributed by atoms with E-state index in [0.717, 1.165) is 23.6 Å². The van der Waals surface area contributed by atoms with Gasteiger partial charge in [0.1, 0.15) is 0 Å². The number of aromatic nitrogens is 2. The predicted octanol–water partition coefficient (Wildman–Crippen LogP) is 1.88. The first-order chi connectivity index (χ1) is 7.19. The van der Waals surface area contributed by atoms with Gasteiger partial charge in [0, 0.05) is 13.0 Å². The standard InChI is InChI=1S/C11H15N3O/c1-7(2)5-10-14-11-9(15-10)4-3-8(6-12)13-11/h3-4,7H,5-6,12H2,1-2H3. The number of oxazole rings is 1. The van der Waals surface area contributed by atoms with Crippen molar-refractivity contribution in [1.82, 2.24) is 9.97 Å². The maximum absolute atomic E-state index is 5.56. The van der Waals surface area contributed by atoms with Crippen molar-refractivity contribution in [1.29, 1.82) is 0 Å². The molecule has 0 aliphatic heterocycles. The fraction of sp³-hybridized carbons (Fsp3) is 0.455. The average molecular weight is 205 g/mol. The van der Waals surface area contributed by atoms with Gasteiger partial charge in [0.15, 0.2) is 17.1 Å². The molecule has 2 aromatic heterocycles. The molecule has 0 aromatic carbocycles. The van der Waals surface area contributed by atoms with Crippen LogP contribution in [0.5, 0.6) is 0 Å². The van der Waals surface area contributed by atoms with E-state index in [9.17, 15) is 0 Å². The summed E-state index contributed by atoms with van der Waals surface area (Å²) in [4.78, 5) is 8.62. The third-order valence-corrected chi connectivity index (χ3v) is 2.15. The number of rotatable bonds is 3. The van der Waals surface area contributed by atoms with Crippen molar-refractivity contribution in [2.24, 2.45) is 11.7 Å². The zero-order chi connectivity index (χ0) is 10.8. The third-order valence-electron chi connectivity index (χ3n) is 2.15. The van der Waals surface area contributed by atoms with Crippen LogP contribution in [0.3, 0.4) is 0 Å². The summed E-state index contributed by atoms with van der Waals surface area (Å²) < 4.78 is 5.56. The molecule has 2 heterocycles. The summed E-state index contributed by atoms with van der Waals surface area (Å²) in [5, 5.41) is 0. The molecule has 2 rings (SSSR count). The lowest BCUT2D eigenvalue weighted by molar-refractivity contribution is 0.482. The van der Waals surface area contributed by atoms with Gasteiger partial charge in [-0.1, -0.05) is 13.8 Å². The Morgan fingerprint density at radius 1 is 1.33 bits per heavy atom. The lowest BCUT2D eigenvalue weighted by atomic mass is 10.1. The van der Waals surface area contributed by atoms with Crippen molar-refractivity contribution in [2.45, 2.75) is 26.8 Å². The van der Waals surface area contributed by atoms with Gasteiger partial charge in [-0.2, -0.15) is 4.98 Å². The molecule has 2 N–H and O–H groups in total. The Labute approximate surface area is 88.5 Å². The largest absolute Gasteiger partial charge is 0.439 e. The van der Waals surface area contributed by atoms with E-state index >= 15 is 0 Å². The monoisotopic (exact) mass is 205 g/mol. The maximum atomic E-state index is 5.56. The van der Waals surface area contributed by atoms with E-state index in [1.54, 1.807) is 0 Å². The number of hydrogen-bond acceptors (Lipinski definition) is 4. The summed E-state index contributed by atoms with van der Waals surface area (Å²) in [5.41, 5.74) is 7.75. The van der Waals surface area contributed by atoms with E-state index < -0.39 is 0 Å². The molecule has 4 heteroatoms. The Balaban J connectivity index is 2.37. The molecular weight excluding hydrogens is 190 g/mol. The molecule has 0 aliphatic carbocycles. The van der Waals surface area contributed by atoms with Gasteiger partial charge in [0.2, 0.25) is 0 Å². The molecule has 0 bridgehead atoms. The minimum Gasteiger partial charge on any atom is -0.439 e. The van der Waals surface area contributed by atoms with Gasteiger partial charge in [-0.15, -0.1) is 0 Å². The van der Waals surface area contributed by atoms with Crippen LogP contribution in [0.1, 0.15) is 25.4 Å². The Kier molecular flexibility index (Phi) is 2.68. The molecule has 0 saturated heterocycles. The van der Waals surface area contributed by atoms with E-state index in [-0.39, 0.29) is 0 Å². The van der Waals surface area contributed by atoms with Crippen molar-refractivity contribution in [3.05, 3.63) is 23.7 Å². The van der Waals surface area contributed by atoms with Crippen LogP contribution in [0.2, 0.25) is 0 Å². The average Bonchev–Trinajstić information content (AvgIpc) is 2.57. The number of pyridine rings is 1. The van der Waals surface area contributed by atoms with E-state index in [2.05, 4.69) is 23.8 Å². The topological polar surface area (TPSA) is 64.9 Å². The van der Waals surface area contributed by atoms with Gasteiger partial charge in [0.05, 0.1) is 5.69 Å². The van der Waals surface area contributed by atoms with E-state index in [0.29, 0.717) is 18.1 Å². The van der Waals surface area contributed by atoms with Crippen LogP contribution in [-0.4, -0.2) is 9.97 Å². The summed E-state index contributed by atoms with van der Waals surface area (Å²) in [6.07, 6.45) is 0.842. The zero-order valence-corrected chi connectivity index (χ0v) is 9.03. The number of nitrogens with two attached hydrogens (primary N) is 1. The summed E-state index contributed by atoms with van der Waals surface area (Å²) in [6.45, 7) is 4.70. The van der Waals surface area contributed by atoms with Crippen molar-refractivity contribution in [3.63, 3.8) is 0 Å². The molecule has 4 nitrogen and oxygen atoms in total. The Bertz CT molecular complexity index is 462. The molecule has 0 atom stereocenters. The molecule has 15 heavy (non-hydrogen) atoms. The summed E-state index contributed by atoms with van der Waals surface area (Å²) in [7, 11) is 0. The summed E-state index contributed by atoms with van der Waals surface area (Å²) in [6, 6.07) is 3.74. The van der Waals surface area contributed by atoms with Crippen molar-refractivity contribution < 1.29 is 4.42 Å². The molecule has 0 radical (unpaired) electrons. The van der Waals surface area contributed by atoms with Gasteiger partial charge in [-0.3, -0.25) is 0 Å². The quantitative estimate of drug-likeness (QED) is 0.830. The molecule has 0 unspecified atom stereocenters. The maximum Gasteiger partial charge on any atom is 0.199 e. The minimum atomic E-state index is 0.433. The fourth-order valence-electron chi connectivity index (χ4n) is 1.45. The lowest BCUT2D eigenvalue weighted by Crippen LogP contribution is -1.98. The normalized spacial score (nSPS) is 11.5. The molecule has 0 spiro atoms. The Morgan fingerprint density at radius 2 is 2.13 bits per heavy atom. The second kappa shape index (κ2) is 3.98. The number of nitrogens with zero attached hydrogens (tertiary/aromatic N) is 2. The molecule has 0 fully saturated rings. The highest BCUT2D eigenvalue weighted by atomic mass is 16.3. The molecule has 80 valence electrons. The SMILES string of the molecule is CC(C)Cc1nc2nc(CN)ccc2o1. The second-order valence-corrected chi connectivity index (χ2v) is 4.03. The van der Waals surface area contributed by atoms with Crippen LogP contribution in [0.4, 0.5) is 0 Å². The van der Waals surface area contributed by atoms with E-state index in [4.69, 9.17) is 10.2 Å². The smallest absolute Gasteiger partial charge is 0.199 e. The van der Waals surface area contributed by atoms with Gasteiger partial charge >= 0.3 is 0 Å². The Morgan fingerprint density at radius 3 is 2.80 bits per heavy atom. The third kappa shape index (κ3) is 2.15. The van der Waals surface area contributed by atoms with Crippen LogP contribution in [0.15, 0.2) is 16.5 Å². The van der Waals surface area contributed by atoms with Crippen LogP contribution >= 0.6 is 0 Å². The Hall–Kier alpha value is -1.42. The van der Waals surface area contributed by atoms with Crippen molar-refractivity contribution in [3.8, 4) is 0 Å². The van der Waals surface area contributed by atoms with Crippen LogP contribution in [0, 0.1) is 5.92 Å². The van der Waals surface area contributed by atoms with Crippen molar-refractivity contribution >= 4 is 11.2 Å². The zero-order valence-electron chi connectivity index (χ0n) is 9.03. The van der Waals surface area contributed by atoms with E-state index in [1.165, 1.54) is 0 Å². The van der Waals surface area contributed by atoms with Gasteiger partial charge in [-0.25, -0.2) is 4.98 Å². The summed E-state index contributed by atoms with van der Waals surface area (Å²) >= 11 is 0. The van der Waals surface area contributed by atoms with E-state index in [1.807, 2.05) is 12.1 Å². The lowest BCUT2D eigenvalue weighted by Gasteiger charge is -1.96. The predicted molar refractivity (Wildman–Crippen MR) is 58.2 cm³/mol. The second-order valence-electron chi connectivity index (χ2n) is 4.03. The number of fused-ring (bicyclic) bond motifs is 1. The molecule has 0 saturated carbocycles. The highest BCUT2D eigenvalue weighted by Crippen LogP contribution is 2.16. The van der Waals surface area contributed by atoms with Crippen LogP contribution < -0.4 is 5.73 Å². The molecule has 2 aromatic rings. The van der Waals surface area contributed by atoms with Crippen LogP contribution in [0.25, 0.3) is 11.2 Å². The highest BCUT2D eigenvalue weighted by molar-refractivity contribution is 5.67. The summed E-state index contributed by atoms with van der Waals surface area (Å²) in [5.74, 6) is 1.29. The van der Waals surface area contributed by atoms with Gasteiger partial charge in [0.25, 0.3) is 0 Å². The molecule has 0 aliphatic rings. The highest BCUT2D eigenvalue weighted by Gasteiger charge is 2.08. The fourth-order valence-corrected chi connectivity index (χ4v) is 1.45. The first kappa shape index (κ1) is 10.1. The van der Waals surface area contributed by atoms with Crippen LogP contribution in [-0.2, 0) is 13.0 Å². The number of hydrogen-bond donors (Lipinski definition) is 1. The molecular formula is C11H15N3O. The van der Waals surface area contributed by atoms with Gasteiger partial charge < -0.3 is 10.2 Å². The minimum absolute atomic E-state index is 0.433. The van der Waals surface area contributed by atoms with Gasteiger partial charge in [-0.05, 0) is 18.1 Å².